The molecule has 3 rings (SSSR count). The molecule has 12 N–H and O–H groups in total. The van der Waals surface area contributed by atoms with Gasteiger partial charge in [-0.1, -0.05) is 0 Å². The SMILES string of the molecule is CC(=O)N(C(=O)C(C)O[C@@H]1[C@@H](N)[C@@H](O)O[C@H](CO)[C@H]1O)[C@@H](C)C(=O)N[C@H](CCC(=O)O[C@H]1[C@@H](O)[C@H](n2ccc(=O)[nH]c2=O)O[C@@H]1COP(=O)(O)OP(=O)(O)O)C(=O)O. The second-order valence-corrected chi connectivity index (χ2v) is 15.6. The maximum absolute atomic E-state index is 13.3. The van der Waals surface area contributed by atoms with Crippen LogP contribution in [0.3, 0.4) is 0 Å². The van der Waals surface area contributed by atoms with Crippen molar-refractivity contribution in [2.75, 3.05) is 13.2 Å². The average Bonchev–Trinajstić information content (AvgIpc) is 3.41. The zero-order valence-electron chi connectivity index (χ0n) is 30.5. The lowest BCUT2D eigenvalue weighted by Gasteiger charge is -2.41. The van der Waals surface area contributed by atoms with E-state index in [4.69, 9.17) is 34.5 Å². The summed E-state index contributed by atoms with van der Waals surface area (Å²) in [6.07, 6.45) is -16.1. The first-order valence-electron chi connectivity index (χ1n) is 16.8. The summed E-state index contributed by atoms with van der Waals surface area (Å²) in [5, 5.41) is 52.7. The minimum absolute atomic E-state index is 0.397. The third-order valence-electron chi connectivity index (χ3n) is 8.54. The number of hydrogen-bond donors (Lipinski definition) is 11. The molecule has 1 aromatic rings. The Hall–Kier alpha value is -3.83. The summed E-state index contributed by atoms with van der Waals surface area (Å²) >= 11 is 0. The number of nitrogens with zero attached hydrogens (tertiary/aromatic N) is 2. The van der Waals surface area contributed by atoms with Gasteiger partial charge >= 0.3 is 33.3 Å². The number of amides is 3. The summed E-state index contributed by atoms with van der Waals surface area (Å²) in [5.74, 6) is -6.45. The van der Waals surface area contributed by atoms with Crippen LogP contribution in [0.2, 0.25) is 0 Å². The molecule has 3 heterocycles. The van der Waals surface area contributed by atoms with E-state index in [2.05, 4.69) is 14.2 Å². The Labute approximate surface area is 325 Å². The van der Waals surface area contributed by atoms with Gasteiger partial charge in [-0.3, -0.25) is 42.9 Å². The molecule has 328 valence electrons. The van der Waals surface area contributed by atoms with Crippen molar-refractivity contribution in [1.82, 2.24) is 19.8 Å². The highest BCUT2D eigenvalue weighted by Gasteiger charge is 2.49. The monoisotopic (exact) mass is 879 g/mol. The topological polar surface area (TPSA) is 433 Å². The molecule has 0 saturated carbocycles. The average molecular weight is 880 g/mol. The Balaban J connectivity index is 1.71. The summed E-state index contributed by atoms with van der Waals surface area (Å²) in [6, 6.07) is -4.23. The van der Waals surface area contributed by atoms with Crippen LogP contribution in [0.4, 0.5) is 0 Å². The molecule has 1 aromatic heterocycles. The molecule has 2 fully saturated rings. The Kier molecular flexibility index (Phi) is 16.7. The predicted molar refractivity (Wildman–Crippen MR) is 182 cm³/mol. The number of nitrogens with one attached hydrogen (secondary N) is 2. The van der Waals surface area contributed by atoms with Gasteiger partial charge in [0.2, 0.25) is 11.8 Å². The zero-order chi connectivity index (χ0) is 44.0. The number of phosphoric ester groups is 1. The van der Waals surface area contributed by atoms with E-state index in [1.807, 2.05) is 4.98 Å². The molecule has 0 aromatic carbocycles. The molecule has 3 amide bonds. The number of aromatic nitrogens is 2. The number of phosphoric acid groups is 2. The molecule has 0 bridgehead atoms. The highest BCUT2D eigenvalue weighted by atomic mass is 31.3. The molecule has 0 radical (unpaired) electrons. The molecule has 0 spiro atoms. The van der Waals surface area contributed by atoms with Crippen LogP contribution in [-0.4, -0.2) is 165 Å². The van der Waals surface area contributed by atoms with E-state index in [-0.39, 0.29) is 0 Å². The second kappa shape index (κ2) is 19.9. The number of aliphatic hydroxyl groups excluding tert-OH is 4. The number of aromatic amines is 1. The highest BCUT2D eigenvalue weighted by Crippen LogP contribution is 2.57. The number of H-pyrrole nitrogens is 1. The number of imide groups is 1. The summed E-state index contributed by atoms with van der Waals surface area (Å²) in [7, 11) is -11.1. The number of rotatable bonds is 18. The first-order valence-corrected chi connectivity index (χ1v) is 19.8. The van der Waals surface area contributed by atoms with Crippen LogP contribution >= 0.6 is 15.6 Å². The maximum atomic E-state index is 13.3. The summed E-state index contributed by atoms with van der Waals surface area (Å²) in [6.45, 7) is 1.09. The number of carbonyl (C=O) groups is 5. The van der Waals surface area contributed by atoms with Gasteiger partial charge in [0.15, 0.2) is 18.6 Å². The van der Waals surface area contributed by atoms with Crippen molar-refractivity contribution in [2.24, 2.45) is 5.73 Å². The number of carboxylic acid groups (broad SMARTS) is 1. The van der Waals surface area contributed by atoms with Crippen molar-refractivity contribution in [1.29, 1.82) is 0 Å². The van der Waals surface area contributed by atoms with Gasteiger partial charge in [0.25, 0.3) is 11.5 Å². The number of hydrogen-bond acceptors (Lipinski definition) is 20. The molecular formula is C28H43N5O23P2. The fourth-order valence-electron chi connectivity index (χ4n) is 5.70. The molecule has 2 aliphatic heterocycles. The van der Waals surface area contributed by atoms with Gasteiger partial charge in [0.05, 0.1) is 19.3 Å². The van der Waals surface area contributed by atoms with Crippen LogP contribution in [-0.2, 0) is 60.9 Å². The lowest BCUT2D eigenvalue weighted by atomic mass is 9.97. The Bertz CT molecular complexity index is 1890. The van der Waals surface area contributed by atoms with Gasteiger partial charge in [0, 0.05) is 25.6 Å². The third-order valence-corrected chi connectivity index (χ3v) is 10.7. The van der Waals surface area contributed by atoms with E-state index in [0.29, 0.717) is 9.47 Å². The highest BCUT2D eigenvalue weighted by molar-refractivity contribution is 7.60. The number of carbonyl (C=O) groups excluding carboxylic acids is 4. The minimum Gasteiger partial charge on any atom is -0.480 e. The first kappa shape index (κ1) is 48.5. The van der Waals surface area contributed by atoms with E-state index >= 15 is 0 Å². The van der Waals surface area contributed by atoms with Gasteiger partial charge < -0.3 is 70.2 Å². The van der Waals surface area contributed by atoms with Crippen molar-refractivity contribution >= 4 is 45.3 Å². The number of aliphatic carboxylic acids is 1. The van der Waals surface area contributed by atoms with Crippen molar-refractivity contribution in [3.8, 4) is 0 Å². The molecule has 30 heteroatoms. The van der Waals surface area contributed by atoms with Crippen LogP contribution in [0.5, 0.6) is 0 Å². The number of ether oxygens (including phenoxy) is 4. The maximum Gasteiger partial charge on any atom is 0.481 e. The van der Waals surface area contributed by atoms with Crippen molar-refractivity contribution in [3.63, 3.8) is 0 Å². The molecule has 0 aliphatic carbocycles. The van der Waals surface area contributed by atoms with Gasteiger partial charge in [-0.2, -0.15) is 4.31 Å². The van der Waals surface area contributed by atoms with E-state index < -0.39 is 156 Å². The van der Waals surface area contributed by atoms with Crippen molar-refractivity contribution in [2.45, 2.75) is 107 Å². The Morgan fingerprint density at radius 2 is 1.67 bits per heavy atom. The van der Waals surface area contributed by atoms with E-state index in [9.17, 15) is 73.1 Å². The lowest BCUT2D eigenvalue weighted by molar-refractivity contribution is -0.262. The summed E-state index contributed by atoms with van der Waals surface area (Å²) in [5.41, 5.74) is 3.82. The van der Waals surface area contributed by atoms with E-state index in [1.165, 1.54) is 0 Å². The second-order valence-electron chi connectivity index (χ2n) is 12.8. The van der Waals surface area contributed by atoms with Gasteiger partial charge in [-0.25, -0.2) is 18.7 Å². The van der Waals surface area contributed by atoms with Gasteiger partial charge in [0.1, 0.15) is 48.7 Å². The van der Waals surface area contributed by atoms with Crippen molar-refractivity contribution < 1.29 is 101 Å². The number of carboxylic acids is 1. The van der Waals surface area contributed by atoms with Gasteiger partial charge in [-0.15, -0.1) is 0 Å². The van der Waals surface area contributed by atoms with Crippen LogP contribution in [0.25, 0.3) is 0 Å². The van der Waals surface area contributed by atoms with E-state index in [0.717, 1.165) is 33.0 Å². The standard InChI is InChI=1S/C28H43N5O23P2/c1-10(33(12(3)35)24(41)11(2)52-22-18(29)27(44)54-14(8-34)19(22)38)23(40)30-13(26(42)43)4-5-17(37)55-21-15(9-51-58(49,50)56-57(46,47)48)53-25(20(21)39)32-7-6-16(36)31-28(32)45/h6-7,10-11,13-15,18-22,25,27,34,38-39,44H,4-5,8-9,29H2,1-3H3,(H,30,40)(H,42,43)(H,49,50)(H,31,36,45)(H2,46,47,48)/t10-,11?,13+,14+,15+,18+,19+,20+,21+,22+,25+,27-/m0/s1. The largest absolute Gasteiger partial charge is 0.481 e. The zero-order valence-corrected chi connectivity index (χ0v) is 32.3. The van der Waals surface area contributed by atoms with Crippen molar-refractivity contribution in [3.05, 3.63) is 33.1 Å². The molecule has 13 atom stereocenters. The quantitative estimate of drug-likeness (QED) is 0.0483. The lowest BCUT2D eigenvalue weighted by Crippen LogP contribution is -2.64. The number of nitrogens with two attached hydrogens (primary N) is 1. The molecule has 2 saturated heterocycles. The van der Waals surface area contributed by atoms with Crippen LogP contribution < -0.4 is 22.3 Å². The molecule has 58 heavy (non-hydrogen) atoms. The van der Waals surface area contributed by atoms with E-state index in [1.54, 1.807) is 0 Å². The number of esters is 1. The number of aliphatic hydroxyl groups is 4. The first-order chi connectivity index (χ1) is 26.8. The molecular weight excluding hydrogens is 836 g/mol. The van der Waals surface area contributed by atoms with Crippen LogP contribution in [0.1, 0.15) is 39.8 Å². The fourth-order valence-corrected chi connectivity index (χ4v) is 7.30. The molecule has 2 unspecified atom stereocenters. The third kappa shape index (κ3) is 12.6. The molecule has 28 nitrogen and oxygen atoms in total. The fraction of sp³-hybridized carbons (Fsp3) is 0.679. The Morgan fingerprint density at radius 3 is 2.22 bits per heavy atom. The Morgan fingerprint density at radius 1 is 1.03 bits per heavy atom. The minimum atomic E-state index is -5.59. The summed E-state index contributed by atoms with van der Waals surface area (Å²) < 4.78 is 53.0. The van der Waals surface area contributed by atoms with Crippen LogP contribution in [0, 0.1) is 0 Å². The predicted octanol–water partition coefficient (Wildman–Crippen LogP) is -5.78. The summed E-state index contributed by atoms with van der Waals surface area (Å²) in [4.78, 5) is 118. The molecule has 2 aliphatic rings. The van der Waals surface area contributed by atoms with Gasteiger partial charge in [-0.05, 0) is 20.3 Å². The van der Waals surface area contributed by atoms with Crippen LogP contribution in [0.15, 0.2) is 21.9 Å². The normalized spacial score (nSPS) is 28.7. The smallest absolute Gasteiger partial charge is 0.480 e.